The van der Waals surface area contributed by atoms with Gasteiger partial charge in [0.2, 0.25) is 0 Å². The summed E-state index contributed by atoms with van der Waals surface area (Å²) in [5, 5.41) is 25.4. The van der Waals surface area contributed by atoms with Gasteiger partial charge < -0.3 is 19.7 Å². The van der Waals surface area contributed by atoms with Gasteiger partial charge in [0, 0.05) is 102 Å². The molecule has 1 aliphatic rings. The molecule has 0 amide bonds. The first kappa shape index (κ1) is 51.0. The van der Waals surface area contributed by atoms with Crippen molar-refractivity contribution in [3.63, 3.8) is 0 Å². The van der Waals surface area contributed by atoms with Gasteiger partial charge in [-0.1, -0.05) is 97.1 Å². The first-order chi connectivity index (χ1) is 38.4. The van der Waals surface area contributed by atoms with E-state index in [4.69, 9.17) is 29.4 Å². The highest BCUT2D eigenvalue weighted by Gasteiger charge is 2.24. The molecule has 11 rings (SSSR count). The molecule has 0 radical (unpaired) electrons. The van der Waals surface area contributed by atoms with Crippen LogP contribution in [0.1, 0.15) is 89.8 Å². The van der Waals surface area contributed by atoms with Crippen LogP contribution in [0.2, 0.25) is 0 Å². The lowest BCUT2D eigenvalue weighted by molar-refractivity contribution is 0.241. The number of benzene rings is 4. The van der Waals surface area contributed by atoms with Gasteiger partial charge in [-0.2, -0.15) is 0 Å². The maximum Gasteiger partial charge on any atom is 0.130 e. The number of ether oxygens (including phenoxy) is 2. The first-order valence-corrected chi connectivity index (χ1v) is 26.4. The van der Waals surface area contributed by atoms with E-state index in [1.807, 2.05) is 146 Å². The summed E-state index contributed by atoms with van der Waals surface area (Å²) in [6.07, 6.45) is 12.3. The van der Waals surface area contributed by atoms with Crippen LogP contribution in [-0.2, 0) is 78.2 Å². The highest BCUT2D eigenvalue weighted by molar-refractivity contribution is 5.57. The van der Waals surface area contributed by atoms with E-state index < -0.39 is 0 Å². The first-order valence-electron chi connectivity index (χ1n) is 26.4. The normalized spacial score (nSPS) is 12.1. The standard InChI is InChI=1S/C66H60N8O4/c75-63-53-31-47(39-73(41-57-19-1-7-25-67-57)42-58-20-2-8-26-68-58)32-54(63)36-50-16-14-18-52(66(50)78-46-62-24-6-12-30-72-62)38-56-34-48(40-74(43-59-21-3-9-27-69-59)44-60-22-4-10-28-70-60)33-55(64(56)76)37-51-17-13-15-49(35-53)65(51)77-45-61-23-5-11-29-71-61/h1-34,75-76H,35-46H2. The van der Waals surface area contributed by atoms with E-state index >= 15 is 0 Å². The summed E-state index contributed by atoms with van der Waals surface area (Å²) in [6.45, 7) is 3.91. The lowest BCUT2D eigenvalue weighted by atomic mass is 9.89. The minimum Gasteiger partial charge on any atom is -0.507 e. The Morgan fingerprint density at radius 1 is 0.308 bits per heavy atom. The molecule has 10 aromatic rings. The van der Waals surface area contributed by atoms with Crippen molar-refractivity contribution in [2.75, 3.05) is 0 Å². The molecule has 0 aliphatic heterocycles. The van der Waals surface area contributed by atoms with Gasteiger partial charge in [0.25, 0.3) is 0 Å². The highest BCUT2D eigenvalue weighted by Crippen LogP contribution is 2.40. The van der Waals surface area contributed by atoms with Crippen LogP contribution in [0.5, 0.6) is 23.0 Å². The molecule has 12 nitrogen and oxygen atoms in total. The van der Waals surface area contributed by atoms with Gasteiger partial charge in [-0.25, -0.2) is 0 Å². The van der Waals surface area contributed by atoms with Crippen LogP contribution in [-0.4, -0.2) is 49.9 Å². The van der Waals surface area contributed by atoms with Gasteiger partial charge in [-0.15, -0.1) is 0 Å². The zero-order valence-corrected chi connectivity index (χ0v) is 43.4. The van der Waals surface area contributed by atoms with Crippen LogP contribution >= 0.6 is 0 Å². The van der Waals surface area contributed by atoms with Crippen molar-refractivity contribution < 1.29 is 19.7 Å². The Bertz CT molecular complexity index is 3150. The quantitative estimate of drug-likeness (QED) is 0.0844. The van der Waals surface area contributed by atoms with Gasteiger partial charge in [-0.3, -0.25) is 39.7 Å². The molecule has 4 aromatic carbocycles. The number of pyridine rings is 6. The molecule has 2 N–H and O–H groups in total. The van der Waals surface area contributed by atoms with Crippen LogP contribution in [0.15, 0.2) is 207 Å². The molecule has 0 spiro atoms. The number of rotatable bonds is 18. The largest absolute Gasteiger partial charge is 0.507 e. The average Bonchev–Trinajstić information content (AvgIpc) is 3.51. The molecular weight excluding hydrogens is 969 g/mol. The van der Waals surface area contributed by atoms with Gasteiger partial charge in [-0.05, 0) is 128 Å². The number of aromatic hydroxyl groups is 2. The summed E-state index contributed by atoms with van der Waals surface area (Å²) in [5.74, 6) is 1.79. The van der Waals surface area contributed by atoms with Crippen LogP contribution in [0.3, 0.4) is 0 Å². The van der Waals surface area contributed by atoms with Crippen molar-refractivity contribution in [1.29, 1.82) is 0 Å². The molecule has 6 aromatic heterocycles. The second-order valence-corrected chi connectivity index (χ2v) is 19.8. The van der Waals surface area contributed by atoms with Crippen LogP contribution in [0.4, 0.5) is 0 Å². The second-order valence-electron chi connectivity index (χ2n) is 19.8. The molecule has 12 heteroatoms. The lowest BCUT2D eigenvalue weighted by Crippen LogP contribution is -2.23. The predicted octanol–water partition coefficient (Wildman–Crippen LogP) is 11.7. The molecule has 388 valence electrons. The number of nitrogens with zero attached hydrogens (tertiary/aromatic N) is 8. The summed E-state index contributed by atoms with van der Waals surface area (Å²) >= 11 is 0. The molecule has 0 fully saturated rings. The summed E-state index contributed by atoms with van der Waals surface area (Å²) in [6, 6.07) is 56.5. The lowest BCUT2D eigenvalue weighted by Gasteiger charge is -2.25. The molecule has 8 bridgehead atoms. The third kappa shape index (κ3) is 13.1. The Kier molecular flexibility index (Phi) is 16.2. The van der Waals surface area contributed by atoms with Gasteiger partial charge in [0.1, 0.15) is 36.2 Å². The molecule has 0 saturated carbocycles. The van der Waals surface area contributed by atoms with Crippen molar-refractivity contribution in [3.8, 4) is 23.0 Å². The second kappa shape index (κ2) is 24.7. The van der Waals surface area contributed by atoms with E-state index in [0.29, 0.717) is 76.5 Å². The predicted molar refractivity (Wildman–Crippen MR) is 300 cm³/mol. The molecule has 1 aliphatic carbocycles. The van der Waals surface area contributed by atoms with E-state index in [-0.39, 0.29) is 24.7 Å². The number of hydrogen-bond acceptors (Lipinski definition) is 12. The summed E-state index contributed by atoms with van der Waals surface area (Å²) in [7, 11) is 0. The van der Waals surface area contributed by atoms with Crippen molar-refractivity contribution in [2.45, 2.75) is 78.2 Å². The van der Waals surface area contributed by atoms with E-state index in [0.717, 1.165) is 89.8 Å². The Labute approximate surface area is 455 Å². The van der Waals surface area contributed by atoms with Gasteiger partial charge in [0.15, 0.2) is 0 Å². The number of phenols is 2. The van der Waals surface area contributed by atoms with Crippen molar-refractivity contribution >= 4 is 0 Å². The van der Waals surface area contributed by atoms with E-state index in [1.165, 1.54) is 0 Å². The number of hydrogen-bond donors (Lipinski definition) is 2. The molecule has 0 atom stereocenters. The number of fused-ring (bicyclic) bond motifs is 8. The fourth-order valence-electron chi connectivity index (χ4n) is 10.4. The van der Waals surface area contributed by atoms with Crippen molar-refractivity contribution in [3.05, 3.63) is 297 Å². The summed E-state index contributed by atoms with van der Waals surface area (Å²) in [4.78, 5) is 32.7. The smallest absolute Gasteiger partial charge is 0.130 e. The minimum absolute atomic E-state index is 0.211. The Morgan fingerprint density at radius 3 is 0.833 bits per heavy atom. The Balaban J connectivity index is 1.05. The Hall–Kier alpha value is -9.10. The summed E-state index contributed by atoms with van der Waals surface area (Å²) in [5.41, 5.74) is 14.0. The van der Waals surface area contributed by atoms with Gasteiger partial charge in [0.05, 0.1) is 34.2 Å². The monoisotopic (exact) mass is 1030 g/mol. The molecule has 78 heavy (non-hydrogen) atoms. The third-order valence-electron chi connectivity index (χ3n) is 14.0. The minimum atomic E-state index is 0.211. The maximum atomic E-state index is 12.7. The van der Waals surface area contributed by atoms with Crippen molar-refractivity contribution in [2.24, 2.45) is 0 Å². The number of aromatic nitrogens is 6. The fourth-order valence-corrected chi connectivity index (χ4v) is 10.4. The number of para-hydroxylation sites is 2. The van der Waals surface area contributed by atoms with Crippen LogP contribution in [0.25, 0.3) is 0 Å². The van der Waals surface area contributed by atoms with Gasteiger partial charge >= 0.3 is 0 Å². The molecule has 6 heterocycles. The van der Waals surface area contributed by atoms with Crippen LogP contribution in [0, 0.1) is 0 Å². The molecular formula is C66H60N8O4. The average molecular weight is 1030 g/mol. The molecule has 0 saturated heterocycles. The third-order valence-corrected chi connectivity index (χ3v) is 14.0. The SMILES string of the molecule is Oc1c2cc(CN(Cc3ccccn3)Cc3ccccn3)cc1Cc1cccc(c1OCc1ccccn1)Cc1cc(CN(Cc3ccccn3)Cc3ccccn3)cc(c1O)Cc1cccc(c1OCc1ccccn1)C2. The Morgan fingerprint density at radius 2 is 0.577 bits per heavy atom. The molecule has 0 unspecified atom stereocenters. The number of phenolic OH excluding ortho intramolecular Hbond substituents is 2. The van der Waals surface area contributed by atoms with E-state index in [9.17, 15) is 10.2 Å². The van der Waals surface area contributed by atoms with Crippen LogP contribution < -0.4 is 9.47 Å². The van der Waals surface area contributed by atoms with E-state index in [2.05, 4.69) is 68.3 Å². The maximum absolute atomic E-state index is 12.7. The van der Waals surface area contributed by atoms with Crippen molar-refractivity contribution in [1.82, 2.24) is 39.7 Å². The zero-order valence-electron chi connectivity index (χ0n) is 43.4. The fraction of sp³-hybridized carbons (Fsp3) is 0.182. The van der Waals surface area contributed by atoms with E-state index in [1.54, 1.807) is 12.4 Å². The topological polar surface area (TPSA) is 143 Å². The highest BCUT2D eigenvalue weighted by atomic mass is 16.5. The zero-order chi connectivity index (χ0) is 52.9. The summed E-state index contributed by atoms with van der Waals surface area (Å²) < 4.78 is 13.8.